The Hall–Kier alpha value is -1.10. The number of rotatable bonds is 1. The molecule has 1 aromatic heterocycles. The van der Waals surface area contributed by atoms with Crippen LogP contribution in [0.4, 0.5) is 0 Å². The van der Waals surface area contributed by atoms with Gasteiger partial charge in [0.05, 0.1) is 11.6 Å². The predicted octanol–water partition coefficient (Wildman–Crippen LogP) is 4.42. The first-order valence-electron chi connectivity index (χ1n) is 10.2. The van der Waals surface area contributed by atoms with Gasteiger partial charge in [-0.2, -0.15) is 0 Å². The van der Waals surface area contributed by atoms with Crippen LogP contribution in [-0.2, 0) is 0 Å². The van der Waals surface area contributed by atoms with Gasteiger partial charge in [0, 0.05) is 19.1 Å². The van der Waals surface area contributed by atoms with Gasteiger partial charge in [-0.05, 0) is 62.6 Å². The molecule has 0 saturated carbocycles. The molecule has 3 saturated heterocycles. The first-order valence-corrected chi connectivity index (χ1v) is 10.9. The Balaban J connectivity index is 1.47. The first-order chi connectivity index (χ1) is 13.1. The SMILES string of the molecule is O=C(c1ccc(Cl)nc1Cl)N1CCCC2=C[C@H]3C[C@H](CN4CCCC[C@H]34)[C@@H]21. The summed E-state index contributed by atoms with van der Waals surface area (Å²) in [7, 11) is 0. The molecule has 6 heteroatoms. The lowest BCUT2D eigenvalue weighted by molar-refractivity contribution is 0.00147. The third kappa shape index (κ3) is 3.10. The van der Waals surface area contributed by atoms with Crippen molar-refractivity contribution < 1.29 is 4.79 Å². The van der Waals surface area contributed by atoms with Crippen LogP contribution in [0.15, 0.2) is 23.8 Å². The molecular weight excluding hydrogens is 381 g/mol. The summed E-state index contributed by atoms with van der Waals surface area (Å²) >= 11 is 12.2. The van der Waals surface area contributed by atoms with E-state index < -0.39 is 0 Å². The van der Waals surface area contributed by atoms with Gasteiger partial charge in [-0.15, -0.1) is 0 Å². The lowest BCUT2D eigenvalue weighted by Gasteiger charge is -2.54. The second-order valence-electron chi connectivity index (χ2n) is 8.48. The number of carbonyl (C=O) groups is 1. The number of likely N-dealkylation sites (tertiary alicyclic amines) is 1. The molecule has 2 bridgehead atoms. The summed E-state index contributed by atoms with van der Waals surface area (Å²) in [6, 6.07) is 4.31. The van der Waals surface area contributed by atoms with Gasteiger partial charge in [0.1, 0.15) is 10.3 Å². The number of carbonyl (C=O) groups excluding carboxylic acids is 1. The van der Waals surface area contributed by atoms with Crippen LogP contribution in [0.25, 0.3) is 0 Å². The highest BCUT2D eigenvalue weighted by molar-refractivity contribution is 6.34. The second kappa shape index (κ2) is 7.06. The lowest BCUT2D eigenvalue weighted by Crippen LogP contribution is -2.60. The highest BCUT2D eigenvalue weighted by atomic mass is 35.5. The zero-order valence-electron chi connectivity index (χ0n) is 15.4. The number of piperidine rings is 3. The van der Waals surface area contributed by atoms with E-state index in [1.807, 2.05) is 0 Å². The van der Waals surface area contributed by atoms with Crippen molar-refractivity contribution >= 4 is 29.1 Å². The van der Waals surface area contributed by atoms with E-state index in [-0.39, 0.29) is 17.1 Å². The quantitative estimate of drug-likeness (QED) is 0.512. The van der Waals surface area contributed by atoms with Crippen molar-refractivity contribution in [2.24, 2.45) is 11.8 Å². The maximum Gasteiger partial charge on any atom is 0.257 e. The normalized spacial score (nSPS) is 33.1. The zero-order valence-corrected chi connectivity index (χ0v) is 16.9. The molecule has 5 rings (SSSR count). The van der Waals surface area contributed by atoms with E-state index in [0.29, 0.717) is 22.6 Å². The topological polar surface area (TPSA) is 36.4 Å². The van der Waals surface area contributed by atoms with Crippen LogP contribution in [0.2, 0.25) is 10.3 Å². The van der Waals surface area contributed by atoms with Gasteiger partial charge in [-0.3, -0.25) is 9.69 Å². The number of aromatic nitrogens is 1. The predicted molar refractivity (Wildman–Crippen MR) is 107 cm³/mol. The zero-order chi connectivity index (χ0) is 18.5. The Bertz CT molecular complexity index is 796. The van der Waals surface area contributed by atoms with Crippen LogP contribution in [0.3, 0.4) is 0 Å². The summed E-state index contributed by atoms with van der Waals surface area (Å²) in [5, 5.41) is 0.525. The Labute approximate surface area is 170 Å². The van der Waals surface area contributed by atoms with Crippen LogP contribution in [-0.4, -0.2) is 52.4 Å². The molecule has 0 radical (unpaired) electrons. The molecular formula is C21H25Cl2N3O. The molecule has 27 heavy (non-hydrogen) atoms. The van der Waals surface area contributed by atoms with E-state index in [4.69, 9.17) is 23.2 Å². The fraction of sp³-hybridized carbons (Fsp3) is 0.619. The van der Waals surface area contributed by atoms with Gasteiger partial charge >= 0.3 is 0 Å². The van der Waals surface area contributed by atoms with Crippen molar-refractivity contribution in [3.63, 3.8) is 0 Å². The molecule has 3 fully saturated rings. The standard InChI is InChI=1S/C21H25Cl2N3O/c22-18-7-6-16(20(23)24-18)21(27)26-9-3-4-13-10-14-11-15(19(13)26)12-25-8-2-1-5-17(14)25/h6-7,10,14-15,17,19H,1-5,8-9,11-12H2/t14-,15+,17+,19+/m0/s1. The molecule has 1 aliphatic carbocycles. The Kier molecular flexibility index (Phi) is 4.69. The molecule has 1 aromatic rings. The molecule has 1 amide bonds. The van der Waals surface area contributed by atoms with Crippen LogP contribution < -0.4 is 0 Å². The van der Waals surface area contributed by atoms with Crippen LogP contribution in [0, 0.1) is 11.8 Å². The van der Waals surface area contributed by atoms with E-state index in [1.54, 1.807) is 12.1 Å². The Morgan fingerprint density at radius 3 is 2.89 bits per heavy atom. The minimum absolute atomic E-state index is 0.000940. The van der Waals surface area contributed by atoms with Gasteiger partial charge in [0.25, 0.3) is 5.91 Å². The first kappa shape index (κ1) is 18.0. The van der Waals surface area contributed by atoms with Gasteiger partial charge in [0.2, 0.25) is 0 Å². The molecule has 4 heterocycles. The molecule has 0 N–H and O–H groups in total. The van der Waals surface area contributed by atoms with Crippen LogP contribution >= 0.6 is 23.2 Å². The van der Waals surface area contributed by atoms with E-state index in [0.717, 1.165) is 32.0 Å². The highest BCUT2D eigenvalue weighted by Gasteiger charge is 2.47. The van der Waals surface area contributed by atoms with Crippen LogP contribution in [0.5, 0.6) is 0 Å². The highest BCUT2D eigenvalue weighted by Crippen LogP contribution is 2.45. The summed E-state index contributed by atoms with van der Waals surface area (Å²) in [5.41, 5.74) is 1.95. The minimum Gasteiger partial charge on any atom is -0.332 e. The Morgan fingerprint density at radius 1 is 1.15 bits per heavy atom. The van der Waals surface area contributed by atoms with Crippen molar-refractivity contribution in [3.05, 3.63) is 39.7 Å². The molecule has 0 aromatic carbocycles. The average Bonchev–Trinajstić information content (AvgIpc) is 2.67. The van der Waals surface area contributed by atoms with Crippen molar-refractivity contribution in [3.8, 4) is 0 Å². The fourth-order valence-electron chi connectivity index (χ4n) is 5.93. The van der Waals surface area contributed by atoms with Gasteiger partial charge in [0.15, 0.2) is 0 Å². The number of fused-ring (bicyclic) bond motifs is 6. The molecule has 0 unspecified atom stereocenters. The summed E-state index contributed by atoms with van der Waals surface area (Å²) < 4.78 is 0. The lowest BCUT2D eigenvalue weighted by atomic mass is 9.68. The smallest absolute Gasteiger partial charge is 0.257 e. The monoisotopic (exact) mass is 405 g/mol. The number of pyridine rings is 1. The molecule has 4 aliphatic rings. The number of hydrogen-bond acceptors (Lipinski definition) is 3. The van der Waals surface area contributed by atoms with Crippen molar-refractivity contribution in [1.82, 2.24) is 14.8 Å². The Morgan fingerprint density at radius 2 is 2.04 bits per heavy atom. The molecule has 4 nitrogen and oxygen atoms in total. The third-order valence-corrected chi connectivity index (χ3v) is 7.46. The molecule has 0 spiro atoms. The van der Waals surface area contributed by atoms with Gasteiger partial charge in [-0.1, -0.05) is 41.3 Å². The summed E-state index contributed by atoms with van der Waals surface area (Å²) in [6.07, 6.45) is 9.91. The van der Waals surface area contributed by atoms with Gasteiger partial charge in [-0.25, -0.2) is 4.98 Å². The van der Waals surface area contributed by atoms with Gasteiger partial charge < -0.3 is 4.90 Å². The number of hydrogen-bond donors (Lipinski definition) is 0. The maximum absolute atomic E-state index is 13.3. The maximum atomic E-state index is 13.3. The van der Waals surface area contributed by atoms with Crippen molar-refractivity contribution in [2.75, 3.05) is 19.6 Å². The number of nitrogens with zero attached hydrogens (tertiary/aromatic N) is 3. The fourth-order valence-corrected chi connectivity index (χ4v) is 6.35. The van der Waals surface area contributed by atoms with Crippen molar-refractivity contribution in [2.45, 2.75) is 50.6 Å². The average molecular weight is 406 g/mol. The number of amides is 1. The summed E-state index contributed by atoms with van der Waals surface area (Å²) in [4.78, 5) is 22.2. The summed E-state index contributed by atoms with van der Waals surface area (Å²) in [5.74, 6) is 1.21. The minimum atomic E-state index is -0.000940. The second-order valence-corrected chi connectivity index (χ2v) is 9.22. The van der Waals surface area contributed by atoms with E-state index in [1.165, 1.54) is 37.8 Å². The number of halogens is 2. The molecule has 144 valence electrons. The van der Waals surface area contributed by atoms with Crippen molar-refractivity contribution in [1.29, 1.82) is 0 Å². The third-order valence-electron chi connectivity index (χ3n) is 6.96. The summed E-state index contributed by atoms with van der Waals surface area (Å²) in [6.45, 7) is 3.14. The van der Waals surface area contributed by atoms with E-state index in [2.05, 4.69) is 20.9 Å². The van der Waals surface area contributed by atoms with E-state index >= 15 is 0 Å². The van der Waals surface area contributed by atoms with E-state index in [9.17, 15) is 4.79 Å². The largest absolute Gasteiger partial charge is 0.332 e. The van der Waals surface area contributed by atoms with Crippen LogP contribution in [0.1, 0.15) is 48.9 Å². The molecule has 3 aliphatic heterocycles. The molecule has 4 atom stereocenters.